The summed E-state index contributed by atoms with van der Waals surface area (Å²) in [4.78, 5) is 46.2. The average Bonchev–Trinajstić information content (AvgIpc) is 2.45. The zero-order valence-corrected chi connectivity index (χ0v) is 13.2. The normalized spacial score (nSPS) is 11.1. The third-order valence-corrected chi connectivity index (χ3v) is 3.33. The average molecular weight is 325 g/mol. The lowest BCUT2D eigenvalue weighted by atomic mass is 9.91. The fraction of sp³-hybridized carbons (Fsp3) is 0.500. The Morgan fingerprint density at radius 3 is 2.52 bits per heavy atom. The van der Waals surface area contributed by atoms with Crippen molar-refractivity contribution in [2.75, 3.05) is 13.6 Å². The molecule has 126 valence electrons. The lowest BCUT2D eigenvalue weighted by molar-refractivity contribution is -0.385. The lowest BCUT2D eigenvalue weighted by Gasteiger charge is -2.29. The fourth-order valence-corrected chi connectivity index (χ4v) is 2.13. The second-order valence-electron chi connectivity index (χ2n) is 5.86. The number of hydrogen-bond donors (Lipinski definition) is 1. The summed E-state index contributed by atoms with van der Waals surface area (Å²) in [6, 6.07) is 2.18. The highest BCUT2D eigenvalue weighted by molar-refractivity contribution is 5.82. The molecule has 0 radical (unpaired) electrons. The molecule has 23 heavy (non-hydrogen) atoms. The third kappa shape index (κ3) is 4.90. The first-order valence-electron chi connectivity index (χ1n) is 6.87. The number of nitrogens with zero attached hydrogens (tertiary/aromatic N) is 3. The molecular weight excluding hydrogens is 306 g/mol. The summed E-state index contributed by atoms with van der Waals surface area (Å²) in [5.74, 6) is -1.37. The van der Waals surface area contributed by atoms with Crippen LogP contribution in [0.25, 0.3) is 0 Å². The van der Waals surface area contributed by atoms with Crippen LogP contribution >= 0.6 is 0 Å². The summed E-state index contributed by atoms with van der Waals surface area (Å²) in [5, 5.41) is 19.4. The van der Waals surface area contributed by atoms with Gasteiger partial charge in [-0.1, -0.05) is 0 Å². The number of amides is 1. The number of pyridine rings is 1. The molecule has 1 aromatic rings. The summed E-state index contributed by atoms with van der Waals surface area (Å²) in [6.45, 7) is 3.18. The molecule has 0 aliphatic carbocycles. The molecule has 0 fully saturated rings. The van der Waals surface area contributed by atoms with E-state index in [2.05, 4.69) is 0 Å². The molecule has 1 heterocycles. The quantitative estimate of drug-likeness (QED) is 0.582. The summed E-state index contributed by atoms with van der Waals surface area (Å²) < 4.78 is 1.11. The highest BCUT2D eigenvalue weighted by atomic mass is 16.6. The molecule has 0 aliphatic rings. The van der Waals surface area contributed by atoms with Crippen molar-refractivity contribution in [1.82, 2.24) is 9.47 Å². The topological polar surface area (TPSA) is 123 Å². The van der Waals surface area contributed by atoms with Crippen LogP contribution in [-0.4, -0.2) is 45.0 Å². The maximum Gasteiger partial charge on any atom is 0.305 e. The van der Waals surface area contributed by atoms with Crippen LogP contribution < -0.4 is 5.56 Å². The molecule has 0 saturated carbocycles. The zero-order chi connectivity index (χ0) is 17.8. The van der Waals surface area contributed by atoms with Crippen molar-refractivity contribution in [2.45, 2.75) is 26.8 Å². The number of nitro groups is 1. The molecule has 0 unspecified atom stereocenters. The molecule has 1 rings (SSSR count). The fourth-order valence-electron chi connectivity index (χ4n) is 2.13. The van der Waals surface area contributed by atoms with E-state index >= 15 is 0 Å². The van der Waals surface area contributed by atoms with E-state index < -0.39 is 21.9 Å². The number of carbonyl (C=O) groups is 2. The molecular formula is C14H19N3O6. The van der Waals surface area contributed by atoms with Crippen molar-refractivity contribution < 1.29 is 19.6 Å². The molecule has 0 saturated heterocycles. The first-order valence-corrected chi connectivity index (χ1v) is 6.87. The second-order valence-corrected chi connectivity index (χ2v) is 5.86. The molecule has 0 spiro atoms. The Balaban J connectivity index is 2.95. The summed E-state index contributed by atoms with van der Waals surface area (Å²) >= 11 is 0. The number of carboxylic acid groups (broad SMARTS) is 1. The minimum Gasteiger partial charge on any atom is -0.481 e. The molecule has 1 amide bonds. The predicted octanol–water partition coefficient (Wildman–Crippen LogP) is 0.716. The van der Waals surface area contributed by atoms with Crippen LogP contribution in [0, 0.1) is 15.5 Å². The van der Waals surface area contributed by atoms with Gasteiger partial charge in [0, 0.05) is 32.3 Å². The standard InChI is InChI=1S/C14H19N3O6/c1-14(2,13(21)15(3)7-6-12(19)20)9-16-8-10(17(22)23)4-5-11(16)18/h4-5,8H,6-7,9H2,1-3H3,(H,19,20). The van der Waals surface area contributed by atoms with Gasteiger partial charge in [-0.15, -0.1) is 0 Å². The monoisotopic (exact) mass is 325 g/mol. The Morgan fingerprint density at radius 1 is 1.39 bits per heavy atom. The van der Waals surface area contributed by atoms with Gasteiger partial charge in [-0.3, -0.25) is 24.5 Å². The molecule has 9 heteroatoms. The van der Waals surface area contributed by atoms with Gasteiger partial charge in [0.2, 0.25) is 5.91 Å². The van der Waals surface area contributed by atoms with Gasteiger partial charge in [0.25, 0.3) is 11.2 Å². The second kappa shape index (κ2) is 7.03. The number of hydrogen-bond acceptors (Lipinski definition) is 5. The molecule has 0 bridgehead atoms. The van der Waals surface area contributed by atoms with Crippen molar-refractivity contribution >= 4 is 17.6 Å². The minimum atomic E-state index is -1.02. The van der Waals surface area contributed by atoms with Crippen molar-refractivity contribution in [3.63, 3.8) is 0 Å². The van der Waals surface area contributed by atoms with Gasteiger partial charge in [0.1, 0.15) is 0 Å². The van der Waals surface area contributed by atoms with E-state index in [9.17, 15) is 24.5 Å². The van der Waals surface area contributed by atoms with Crippen molar-refractivity contribution in [3.8, 4) is 0 Å². The predicted molar refractivity (Wildman–Crippen MR) is 81.0 cm³/mol. The van der Waals surface area contributed by atoms with Gasteiger partial charge in [0.05, 0.1) is 23.0 Å². The number of aromatic nitrogens is 1. The van der Waals surface area contributed by atoms with E-state index in [0.717, 1.165) is 22.9 Å². The smallest absolute Gasteiger partial charge is 0.305 e. The van der Waals surface area contributed by atoms with Crippen LogP contribution in [0.1, 0.15) is 20.3 Å². The van der Waals surface area contributed by atoms with E-state index in [4.69, 9.17) is 5.11 Å². The first-order chi connectivity index (χ1) is 10.5. The van der Waals surface area contributed by atoms with Crippen LogP contribution in [0.4, 0.5) is 5.69 Å². The maximum absolute atomic E-state index is 12.4. The number of aliphatic carboxylic acids is 1. The Bertz CT molecular complexity index is 679. The van der Waals surface area contributed by atoms with Gasteiger partial charge in [0.15, 0.2) is 0 Å². The molecule has 1 N–H and O–H groups in total. The summed E-state index contributed by atoms with van der Waals surface area (Å²) in [7, 11) is 1.48. The summed E-state index contributed by atoms with van der Waals surface area (Å²) in [5.41, 5.74) is -1.72. The Labute approximate surface area is 132 Å². The minimum absolute atomic E-state index is 0.0431. The van der Waals surface area contributed by atoms with Crippen molar-refractivity contribution in [1.29, 1.82) is 0 Å². The van der Waals surface area contributed by atoms with Crippen molar-refractivity contribution in [3.05, 3.63) is 38.8 Å². The van der Waals surface area contributed by atoms with E-state index in [-0.39, 0.29) is 31.1 Å². The zero-order valence-electron chi connectivity index (χ0n) is 13.2. The van der Waals surface area contributed by atoms with Gasteiger partial charge < -0.3 is 14.6 Å². The summed E-state index contributed by atoms with van der Waals surface area (Å²) in [6.07, 6.45) is 0.906. The molecule has 1 aromatic heterocycles. The van der Waals surface area contributed by atoms with Crippen LogP contribution in [0.2, 0.25) is 0 Å². The van der Waals surface area contributed by atoms with Crippen LogP contribution in [0.5, 0.6) is 0 Å². The van der Waals surface area contributed by atoms with Crippen molar-refractivity contribution in [2.24, 2.45) is 5.41 Å². The molecule has 0 aliphatic heterocycles. The highest BCUT2D eigenvalue weighted by Crippen LogP contribution is 2.21. The van der Waals surface area contributed by atoms with Crippen LogP contribution in [0.3, 0.4) is 0 Å². The van der Waals surface area contributed by atoms with Gasteiger partial charge in [-0.05, 0) is 13.8 Å². The third-order valence-electron chi connectivity index (χ3n) is 3.33. The van der Waals surface area contributed by atoms with E-state index in [1.54, 1.807) is 13.8 Å². The van der Waals surface area contributed by atoms with E-state index in [1.807, 2.05) is 0 Å². The van der Waals surface area contributed by atoms with E-state index in [1.165, 1.54) is 11.9 Å². The van der Waals surface area contributed by atoms with Gasteiger partial charge >= 0.3 is 5.97 Å². The SMILES string of the molecule is CN(CCC(=O)O)C(=O)C(C)(C)Cn1cc([N+](=O)[O-])ccc1=O. The van der Waals surface area contributed by atoms with Crippen LogP contribution in [-0.2, 0) is 16.1 Å². The maximum atomic E-state index is 12.4. The number of carbonyl (C=O) groups excluding carboxylic acids is 1. The molecule has 9 nitrogen and oxygen atoms in total. The molecule has 0 atom stereocenters. The van der Waals surface area contributed by atoms with Gasteiger partial charge in [-0.25, -0.2) is 0 Å². The number of rotatable bonds is 7. The number of carboxylic acids is 1. The van der Waals surface area contributed by atoms with Crippen LogP contribution in [0.15, 0.2) is 23.1 Å². The Kier molecular flexibility index (Phi) is 5.61. The highest BCUT2D eigenvalue weighted by Gasteiger charge is 2.31. The largest absolute Gasteiger partial charge is 0.481 e. The molecule has 0 aromatic carbocycles. The Hall–Kier alpha value is -2.71. The van der Waals surface area contributed by atoms with Gasteiger partial charge in [-0.2, -0.15) is 0 Å². The lowest BCUT2D eigenvalue weighted by Crippen LogP contribution is -2.43. The Morgan fingerprint density at radius 2 is 2.00 bits per heavy atom. The first kappa shape index (κ1) is 18.3. The van der Waals surface area contributed by atoms with E-state index in [0.29, 0.717) is 0 Å².